The van der Waals surface area contributed by atoms with E-state index < -0.39 is 0 Å². The van der Waals surface area contributed by atoms with E-state index in [0.29, 0.717) is 6.61 Å². The summed E-state index contributed by atoms with van der Waals surface area (Å²) >= 11 is 1.62. The fourth-order valence-corrected chi connectivity index (χ4v) is 2.39. The molecule has 1 aromatic heterocycles. The number of H-pyrrole nitrogens is 1. The molecule has 0 spiro atoms. The number of nitrogens with two attached hydrogens (primary N) is 1. The van der Waals surface area contributed by atoms with Crippen molar-refractivity contribution in [1.29, 1.82) is 0 Å². The number of nitrogens with one attached hydrogen (secondary N) is 1. The average Bonchev–Trinajstić information content (AvgIpc) is 2.90. The lowest BCUT2D eigenvalue weighted by molar-refractivity contribution is 0.340. The molecule has 0 saturated carbocycles. The summed E-state index contributed by atoms with van der Waals surface area (Å²) in [5, 5.41) is 0.899. The largest absolute Gasteiger partial charge is 0.494 e. The van der Waals surface area contributed by atoms with Crippen molar-refractivity contribution < 1.29 is 4.74 Å². The molecule has 1 atom stereocenters. The van der Waals surface area contributed by atoms with E-state index in [-0.39, 0.29) is 6.04 Å². The van der Waals surface area contributed by atoms with Gasteiger partial charge in [-0.3, -0.25) is 0 Å². The van der Waals surface area contributed by atoms with Gasteiger partial charge in [0.05, 0.1) is 6.61 Å². The topological polar surface area (TPSA) is 63.9 Å². The van der Waals surface area contributed by atoms with Gasteiger partial charge in [-0.1, -0.05) is 23.9 Å². The van der Waals surface area contributed by atoms with E-state index in [4.69, 9.17) is 10.5 Å². The van der Waals surface area contributed by atoms with E-state index in [0.717, 1.165) is 22.2 Å². The summed E-state index contributed by atoms with van der Waals surface area (Å²) in [6, 6.07) is 7.93. The Bertz CT molecular complexity index is 456. The first-order chi connectivity index (χ1) is 8.79. The first kappa shape index (κ1) is 13.0. The predicted octanol–water partition coefficient (Wildman–Crippen LogP) is 2.60. The number of ether oxygens (including phenoxy) is 1. The maximum absolute atomic E-state index is 6.13. The minimum absolute atomic E-state index is 0.00391. The predicted molar refractivity (Wildman–Crippen MR) is 73.9 cm³/mol. The number of benzene rings is 1. The molecule has 0 saturated heterocycles. The minimum Gasteiger partial charge on any atom is -0.494 e. The molecule has 0 aliphatic heterocycles. The number of rotatable bonds is 6. The van der Waals surface area contributed by atoms with Gasteiger partial charge in [-0.2, -0.15) is 0 Å². The summed E-state index contributed by atoms with van der Waals surface area (Å²) in [5.41, 5.74) is 7.24. The molecular formula is C13H17N3OS. The Morgan fingerprint density at radius 2 is 2.17 bits per heavy atom. The van der Waals surface area contributed by atoms with Crippen LogP contribution in [0, 0.1) is 0 Å². The van der Waals surface area contributed by atoms with Crippen LogP contribution in [-0.2, 0) is 0 Å². The molecule has 1 aromatic carbocycles. The van der Waals surface area contributed by atoms with E-state index >= 15 is 0 Å². The van der Waals surface area contributed by atoms with Crippen LogP contribution in [0.1, 0.15) is 18.5 Å². The van der Waals surface area contributed by atoms with Crippen molar-refractivity contribution in [1.82, 2.24) is 9.97 Å². The van der Waals surface area contributed by atoms with Crippen LogP contribution >= 0.6 is 11.8 Å². The van der Waals surface area contributed by atoms with Gasteiger partial charge in [-0.15, -0.1) is 0 Å². The fourth-order valence-electron chi connectivity index (χ4n) is 1.57. The third kappa shape index (κ3) is 3.51. The summed E-state index contributed by atoms with van der Waals surface area (Å²) < 4.78 is 5.40. The zero-order chi connectivity index (χ0) is 12.8. The van der Waals surface area contributed by atoms with Gasteiger partial charge < -0.3 is 15.5 Å². The zero-order valence-corrected chi connectivity index (χ0v) is 11.1. The lowest BCUT2D eigenvalue weighted by Crippen LogP contribution is -2.12. The van der Waals surface area contributed by atoms with Crippen LogP contribution in [0.15, 0.2) is 41.8 Å². The van der Waals surface area contributed by atoms with E-state index in [1.807, 2.05) is 37.4 Å². The highest BCUT2D eigenvalue weighted by Crippen LogP contribution is 2.22. The van der Waals surface area contributed by atoms with Gasteiger partial charge in [-0.05, 0) is 24.6 Å². The second kappa shape index (κ2) is 6.47. The van der Waals surface area contributed by atoms with Crippen LogP contribution in [-0.4, -0.2) is 22.3 Å². The molecule has 1 unspecified atom stereocenters. The van der Waals surface area contributed by atoms with Crippen LogP contribution in [0.4, 0.5) is 0 Å². The highest BCUT2D eigenvalue weighted by molar-refractivity contribution is 7.99. The number of aromatic nitrogens is 2. The van der Waals surface area contributed by atoms with Crippen LogP contribution in [0.2, 0.25) is 0 Å². The number of thioether (sulfide) groups is 1. The normalized spacial score (nSPS) is 12.3. The maximum atomic E-state index is 6.13. The number of hydrogen-bond donors (Lipinski definition) is 2. The molecule has 2 rings (SSSR count). The van der Waals surface area contributed by atoms with Gasteiger partial charge in [-0.25, -0.2) is 4.98 Å². The summed E-state index contributed by atoms with van der Waals surface area (Å²) in [5.74, 6) is 1.67. The van der Waals surface area contributed by atoms with E-state index in [2.05, 4.69) is 9.97 Å². The second-order valence-corrected chi connectivity index (χ2v) is 4.82. The number of aromatic amines is 1. The van der Waals surface area contributed by atoms with Crippen molar-refractivity contribution in [3.05, 3.63) is 42.2 Å². The van der Waals surface area contributed by atoms with Crippen LogP contribution in [0.3, 0.4) is 0 Å². The third-order valence-electron chi connectivity index (χ3n) is 2.49. The summed E-state index contributed by atoms with van der Waals surface area (Å²) in [6.45, 7) is 2.65. The molecule has 3 N–H and O–H groups in total. The monoisotopic (exact) mass is 263 g/mol. The average molecular weight is 263 g/mol. The van der Waals surface area contributed by atoms with Crippen molar-refractivity contribution in [2.45, 2.75) is 18.1 Å². The molecule has 96 valence electrons. The van der Waals surface area contributed by atoms with Crippen LogP contribution < -0.4 is 10.5 Å². The van der Waals surface area contributed by atoms with E-state index in [9.17, 15) is 0 Å². The fraction of sp³-hybridized carbons (Fsp3) is 0.308. The van der Waals surface area contributed by atoms with E-state index in [1.165, 1.54) is 0 Å². The van der Waals surface area contributed by atoms with Crippen molar-refractivity contribution in [2.24, 2.45) is 5.73 Å². The second-order valence-electron chi connectivity index (χ2n) is 3.81. The van der Waals surface area contributed by atoms with E-state index in [1.54, 1.807) is 18.0 Å². The standard InChI is InChI=1S/C13H17N3OS/c1-2-17-11-5-3-10(4-6-11)12(14)9-18-13-15-7-8-16-13/h3-8,12H,2,9,14H2,1H3,(H,15,16). The Morgan fingerprint density at radius 1 is 1.39 bits per heavy atom. The van der Waals surface area contributed by atoms with Gasteiger partial charge in [0.15, 0.2) is 5.16 Å². The number of hydrogen-bond acceptors (Lipinski definition) is 4. The van der Waals surface area contributed by atoms with Crippen molar-refractivity contribution in [3.63, 3.8) is 0 Å². The molecule has 5 heteroatoms. The highest BCUT2D eigenvalue weighted by Gasteiger charge is 2.07. The smallest absolute Gasteiger partial charge is 0.165 e. The Kier molecular flexibility index (Phi) is 4.66. The summed E-state index contributed by atoms with van der Waals surface area (Å²) in [6.07, 6.45) is 3.55. The number of nitrogens with zero attached hydrogens (tertiary/aromatic N) is 1. The van der Waals surface area contributed by atoms with Crippen LogP contribution in [0.5, 0.6) is 5.75 Å². The van der Waals surface area contributed by atoms with Gasteiger partial charge in [0.25, 0.3) is 0 Å². The van der Waals surface area contributed by atoms with Crippen molar-refractivity contribution >= 4 is 11.8 Å². The molecule has 1 heterocycles. The molecule has 18 heavy (non-hydrogen) atoms. The molecule has 0 aliphatic rings. The maximum Gasteiger partial charge on any atom is 0.165 e. The summed E-state index contributed by atoms with van der Waals surface area (Å²) in [4.78, 5) is 7.20. The minimum atomic E-state index is -0.00391. The van der Waals surface area contributed by atoms with Crippen molar-refractivity contribution in [3.8, 4) is 5.75 Å². The molecule has 0 amide bonds. The SMILES string of the molecule is CCOc1ccc(C(N)CSc2ncc[nH]2)cc1. The summed E-state index contributed by atoms with van der Waals surface area (Å²) in [7, 11) is 0. The molecule has 0 bridgehead atoms. The lowest BCUT2D eigenvalue weighted by Gasteiger charge is -2.11. The third-order valence-corrected chi connectivity index (χ3v) is 3.51. The first-order valence-corrected chi connectivity index (χ1v) is 6.88. The number of imidazole rings is 1. The first-order valence-electron chi connectivity index (χ1n) is 5.90. The Hall–Kier alpha value is -1.46. The van der Waals surface area contributed by atoms with Gasteiger partial charge in [0.1, 0.15) is 5.75 Å². The van der Waals surface area contributed by atoms with Crippen LogP contribution in [0.25, 0.3) is 0 Å². The molecular weight excluding hydrogens is 246 g/mol. The molecule has 0 fully saturated rings. The lowest BCUT2D eigenvalue weighted by atomic mass is 10.1. The zero-order valence-electron chi connectivity index (χ0n) is 10.3. The van der Waals surface area contributed by atoms with Crippen molar-refractivity contribution in [2.75, 3.05) is 12.4 Å². The quantitative estimate of drug-likeness (QED) is 0.786. The highest BCUT2D eigenvalue weighted by atomic mass is 32.2. The molecule has 0 aliphatic carbocycles. The Labute approximate surface area is 111 Å². The Morgan fingerprint density at radius 3 is 2.78 bits per heavy atom. The van der Waals surface area contributed by atoms with Gasteiger partial charge >= 0.3 is 0 Å². The Balaban J connectivity index is 1.89. The molecule has 4 nitrogen and oxygen atoms in total. The molecule has 0 radical (unpaired) electrons. The van der Waals surface area contributed by atoms with Gasteiger partial charge in [0, 0.05) is 24.2 Å². The molecule has 2 aromatic rings. The van der Waals surface area contributed by atoms with Gasteiger partial charge in [0.2, 0.25) is 0 Å².